The molecule has 0 fully saturated rings. The molecule has 3 aromatic carbocycles. The highest BCUT2D eigenvalue weighted by Crippen LogP contribution is 2.27. The zero-order chi connectivity index (χ0) is 20.4. The normalized spacial score (nSPS) is 11.0. The standard InChI is InChI=1S/C22H14BF2N2O2/c24-16-8-4-14(5-9-16)21(15-6-10-17(25)11-7-15)23-22-19-2-1-3-20(27(28)29)18(19)12-13-26-22/h1-13,21H. The summed E-state index contributed by atoms with van der Waals surface area (Å²) >= 11 is 0. The fourth-order valence-electron chi connectivity index (χ4n) is 3.39. The van der Waals surface area contributed by atoms with Crippen LogP contribution in [-0.2, 0) is 0 Å². The first-order valence-electron chi connectivity index (χ1n) is 8.91. The first kappa shape index (κ1) is 18.7. The van der Waals surface area contributed by atoms with E-state index in [2.05, 4.69) is 4.98 Å². The summed E-state index contributed by atoms with van der Waals surface area (Å²) in [5, 5.41) is 12.5. The molecule has 4 nitrogen and oxygen atoms in total. The number of aromatic nitrogens is 1. The molecule has 0 unspecified atom stereocenters. The van der Waals surface area contributed by atoms with Gasteiger partial charge >= 0.3 is 0 Å². The van der Waals surface area contributed by atoms with E-state index in [9.17, 15) is 18.9 Å². The van der Waals surface area contributed by atoms with Crippen LogP contribution >= 0.6 is 0 Å². The molecule has 0 saturated carbocycles. The molecule has 0 saturated heterocycles. The summed E-state index contributed by atoms with van der Waals surface area (Å²) in [6.07, 6.45) is 1.52. The van der Waals surface area contributed by atoms with Crippen molar-refractivity contribution in [3.05, 3.63) is 112 Å². The summed E-state index contributed by atoms with van der Waals surface area (Å²) < 4.78 is 26.8. The van der Waals surface area contributed by atoms with Gasteiger partial charge in [0.25, 0.3) is 5.69 Å². The van der Waals surface area contributed by atoms with E-state index in [0.29, 0.717) is 16.4 Å². The van der Waals surface area contributed by atoms with Gasteiger partial charge in [-0.15, -0.1) is 0 Å². The minimum atomic E-state index is -0.427. The third-order valence-electron chi connectivity index (χ3n) is 4.79. The third kappa shape index (κ3) is 3.85. The van der Waals surface area contributed by atoms with E-state index >= 15 is 0 Å². The Labute approximate surface area is 166 Å². The van der Waals surface area contributed by atoms with Gasteiger partial charge in [-0.25, -0.2) is 8.78 Å². The van der Waals surface area contributed by atoms with Gasteiger partial charge in [-0.2, -0.15) is 0 Å². The fourth-order valence-corrected chi connectivity index (χ4v) is 3.39. The molecule has 0 bridgehead atoms. The summed E-state index contributed by atoms with van der Waals surface area (Å²) in [6, 6.07) is 18.5. The van der Waals surface area contributed by atoms with Crippen molar-refractivity contribution in [2.75, 3.05) is 0 Å². The Balaban J connectivity index is 1.83. The maximum absolute atomic E-state index is 13.4. The van der Waals surface area contributed by atoms with Crippen molar-refractivity contribution >= 4 is 29.3 Å². The van der Waals surface area contributed by atoms with Crippen LogP contribution in [-0.4, -0.2) is 17.2 Å². The van der Waals surface area contributed by atoms with E-state index in [1.807, 2.05) is 7.28 Å². The van der Waals surface area contributed by atoms with Crippen molar-refractivity contribution in [1.82, 2.24) is 4.98 Å². The molecule has 141 valence electrons. The molecule has 0 aliphatic heterocycles. The van der Waals surface area contributed by atoms with Gasteiger partial charge in [0.2, 0.25) is 0 Å². The molecule has 7 heteroatoms. The number of non-ortho nitro benzene ring substituents is 1. The van der Waals surface area contributed by atoms with E-state index < -0.39 is 4.92 Å². The monoisotopic (exact) mass is 387 g/mol. The zero-order valence-corrected chi connectivity index (χ0v) is 15.1. The Morgan fingerprint density at radius 1 is 0.828 bits per heavy atom. The van der Waals surface area contributed by atoms with Gasteiger partial charge in [-0.3, -0.25) is 15.1 Å². The maximum atomic E-state index is 13.4. The topological polar surface area (TPSA) is 56.0 Å². The molecular weight excluding hydrogens is 373 g/mol. The quantitative estimate of drug-likeness (QED) is 0.287. The van der Waals surface area contributed by atoms with Crippen molar-refractivity contribution in [3.8, 4) is 0 Å². The lowest BCUT2D eigenvalue weighted by molar-refractivity contribution is -0.383. The van der Waals surface area contributed by atoms with Crippen molar-refractivity contribution in [1.29, 1.82) is 0 Å². The largest absolute Gasteiger partial charge is 0.277 e. The predicted molar refractivity (Wildman–Crippen MR) is 108 cm³/mol. The molecule has 0 amide bonds. The van der Waals surface area contributed by atoms with Gasteiger partial charge in [-0.1, -0.05) is 36.4 Å². The first-order valence-corrected chi connectivity index (χ1v) is 8.91. The van der Waals surface area contributed by atoms with E-state index in [1.54, 1.807) is 42.5 Å². The number of hydrogen-bond donors (Lipinski definition) is 0. The Kier molecular flexibility index (Phi) is 5.04. The van der Waals surface area contributed by atoms with Gasteiger partial charge in [0.05, 0.1) is 10.3 Å². The van der Waals surface area contributed by atoms with E-state index in [-0.39, 0.29) is 23.1 Å². The number of nitro benzene ring substituents is 1. The lowest BCUT2D eigenvalue weighted by Gasteiger charge is -2.18. The molecule has 4 aromatic rings. The van der Waals surface area contributed by atoms with Crippen molar-refractivity contribution in [3.63, 3.8) is 0 Å². The second kappa shape index (κ2) is 7.79. The van der Waals surface area contributed by atoms with Gasteiger partial charge in [0, 0.05) is 17.9 Å². The highest BCUT2D eigenvalue weighted by atomic mass is 19.1. The van der Waals surface area contributed by atoms with Gasteiger partial charge in [0.15, 0.2) is 7.28 Å². The highest BCUT2D eigenvalue weighted by Gasteiger charge is 2.21. The number of halogens is 2. The first-order chi connectivity index (χ1) is 14.0. The van der Waals surface area contributed by atoms with Gasteiger partial charge < -0.3 is 0 Å². The van der Waals surface area contributed by atoms with Crippen LogP contribution < -0.4 is 5.59 Å². The van der Waals surface area contributed by atoms with Crippen LogP contribution in [0.15, 0.2) is 79.0 Å². The molecular formula is C22H14BF2N2O2. The van der Waals surface area contributed by atoms with Crippen LogP contribution in [0.3, 0.4) is 0 Å². The van der Waals surface area contributed by atoms with E-state index in [1.165, 1.54) is 36.5 Å². The number of nitrogens with zero attached hydrogens (tertiary/aromatic N) is 2. The van der Waals surface area contributed by atoms with Crippen molar-refractivity contribution in [2.24, 2.45) is 0 Å². The van der Waals surface area contributed by atoms with Crippen LogP contribution in [0.1, 0.15) is 16.9 Å². The molecule has 0 aliphatic carbocycles. The molecule has 4 rings (SSSR count). The fraction of sp³-hybridized carbons (Fsp3) is 0.0455. The smallest absolute Gasteiger partial charge is 0.271 e. The predicted octanol–water partition coefficient (Wildman–Crippen LogP) is 4.54. The minimum absolute atomic E-state index is 0.000311. The summed E-state index contributed by atoms with van der Waals surface area (Å²) in [5.74, 6) is -1.05. The summed E-state index contributed by atoms with van der Waals surface area (Å²) in [4.78, 5) is 15.3. The maximum Gasteiger partial charge on any atom is 0.277 e. The molecule has 0 spiro atoms. The molecule has 1 aromatic heterocycles. The summed E-state index contributed by atoms with van der Waals surface area (Å²) in [7, 11) is 1.85. The third-order valence-corrected chi connectivity index (χ3v) is 4.79. The van der Waals surface area contributed by atoms with Gasteiger partial charge in [-0.05, 0) is 52.7 Å². The summed E-state index contributed by atoms with van der Waals surface area (Å²) in [6.45, 7) is 0. The van der Waals surface area contributed by atoms with Crippen LogP contribution in [0.5, 0.6) is 0 Å². The summed E-state index contributed by atoms with van der Waals surface area (Å²) in [5.41, 5.74) is 2.15. The zero-order valence-electron chi connectivity index (χ0n) is 15.1. The number of pyridine rings is 1. The number of hydrogen-bond acceptors (Lipinski definition) is 3. The van der Waals surface area contributed by atoms with Crippen molar-refractivity contribution in [2.45, 2.75) is 5.82 Å². The molecule has 1 radical (unpaired) electrons. The van der Waals surface area contributed by atoms with Gasteiger partial charge in [0.1, 0.15) is 11.6 Å². The molecule has 0 N–H and O–H groups in total. The molecule has 0 atom stereocenters. The number of fused-ring (bicyclic) bond motifs is 1. The number of benzene rings is 3. The highest BCUT2D eigenvalue weighted by molar-refractivity contribution is 6.58. The van der Waals surface area contributed by atoms with Crippen molar-refractivity contribution < 1.29 is 13.7 Å². The van der Waals surface area contributed by atoms with Crippen LogP contribution in [0.2, 0.25) is 0 Å². The van der Waals surface area contributed by atoms with Crippen LogP contribution in [0, 0.1) is 21.7 Å². The molecule has 1 heterocycles. The second-order valence-corrected chi connectivity index (χ2v) is 6.57. The molecule has 0 aliphatic rings. The lowest BCUT2D eigenvalue weighted by atomic mass is 9.55. The Morgan fingerprint density at radius 3 is 1.97 bits per heavy atom. The molecule has 29 heavy (non-hydrogen) atoms. The van der Waals surface area contributed by atoms with E-state index in [0.717, 1.165) is 11.1 Å². The number of nitro groups is 1. The second-order valence-electron chi connectivity index (χ2n) is 6.57. The Morgan fingerprint density at radius 2 is 1.41 bits per heavy atom. The van der Waals surface area contributed by atoms with Crippen LogP contribution in [0.4, 0.5) is 14.5 Å². The minimum Gasteiger partial charge on any atom is -0.271 e. The Bertz CT molecular complexity index is 1140. The average molecular weight is 387 g/mol. The average Bonchev–Trinajstić information content (AvgIpc) is 2.73. The lowest BCUT2D eigenvalue weighted by Crippen LogP contribution is -2.26. The SMILES string of the molecule is O=[N+]([O-])c1cccc2c([B]C(c3ccc(F)cc3)c3ccc(F)cc3)nccc12. The van der Waals surface area contributed by atoms with E-state index in [4.69, 9.17) is 0 Å². The van der Waals surface area contributed by atoms with Crippen LogP contribution in [0.25, 0.3) is 10.8 Å². The Hall–Kier alpha value is -3.61. The number of rotatable bonds is 5.